The minimum atomic E-state index is -0.447. The number of anilines is 1. The van der Waals surface area contributed by atoms with Gasteiger partial charge in [-0.15, -0.1) is 0 Å². The number of carbonyl (C=O) groups is 1. The number of nitrogens with zero attached hydrogens (tertiary/aromatic N) is 1. The Hall–Kier alpha value is -1.35. The number of hydrogen-bond donors (Lipinski definition) is 1. The Morgan fingerprint density at radius 2 is 1.83 bits per heavy atom. The first-order valence-electron chi connectivity index (χ1n) is 6.47. The van der Waals surface area contributed by atoms with Crippen LogP contribution in [0.3, 0.4) is 0 Å². The molecule has 0 fully saturated rings. The van der Waals surface area contributed by atoms with Gasteiger partial charge in [-0.05, 0) is 29.5 Å². The zero-order valence-corrected chi connectivity index (χ0v) is 12.0. The van der Waals surface area contributed by atoms with Crippen molar-refractivity contribution in [1.29, 1.82) is 0 Å². The second-order valence-corrected chi connectivity index (χ2v) is 5.42. The summed E-state index contributed by atoms with van der Waals surface area (Å²) in [5.41, 5.74) is 8.04. The third kappa shape index (κ3) is 3.33. The SMILES string of the molecule is CC(C)c1cccc(N(C)C(=O)[C@@H](N)C(C)C)c1. The van der Waals surface area contributed by atoms with Crippen LogP contribution in [0.4, 0.5) is 5.69 Å². The summed E-state index contributed by atoms with van der Waals surface area (Å²) >= 11 is 0. The molecule has 1 amide bonds. The van der Waals surface area contributed by atoms with Gasteiger partial charge in [0.05, 0.1) is 6.04 Å². The summed E-state index contributed by atoms with van der Waals surface area (Å²) in [5, 5.41) is 0. The van der Waals surface area contributed by atoms with Gasteiger partial charge in [0, 0.05) is 12.7 Å². The molecule has 0 heterocycles. The zero-order chi connectivity index (χ0) is 13.9. The number of likely N-dealkylation sites (N-methyl/N-ethyl adjacent to an activating group) is 1. The standard InChI is InChI=1S/C15H24N2O/c1-10(2)12-7-6-8-13(9-12)17(5)15(18)14(16)11(3)4/h6-11,14H,16H2,1-5H3/t14-/m0/s1. The molecule has 3 heteroatoms. The molecule has 0 radical (unpaired) electrons. The highest BCUT2D eigenvalue weighted by molar-refractivity contribution is 5.96. The fourth-order valence-corrected chi connectivity index (χ4v) is 1.73. The molecule has 3 nitrogen and oxygen atoms in total. The van der Waals surface area contributed by atoms with Crippen LogP contribution in [0.2, 0.25) is 0 Å². The van der Waals surface area contributed by atoms with E-state index in [-0.39, 0.29) is 11.8 Å². The number of rotatable bonds is 4. The van der Waals surface area contributed by atoms with Crippen molar-refractivity contribution in [2.75, 3.05) is 11.9 Å². The molecule has 0 spiro atoms. The van der Waals surface area contributed by atoms with Crippen molar-refractivity contribution in [3.05, 3.63) is 29.8 Å². The average Bonchev–Trinajstić information content (AvgIpc) is 2.36. The molecule has 0 unspecified atom stereocenters. The van der Waals surface area contributed by atoms with Crippen LogP contribution in [0.5, 0.6) is 0 Å². The van der Waals surface area contributed by atoms with Crippen molar-refractivity contribution < 1.29 is 4.79 Å². The molecule has 18 heavy (non-hydrogen) atoms. The van der Waals surface area contributed by atoms with Crippen LogP contribution in [0.15, 0.2) is 24.3 Å². The Bertz CT molecular complexity index is 413. The van der Waals surface area contributed by atoms with Gasteiger partial charge in [-0.25, -0.2) is 0 Å². The molecule has 0 aliphatic heterocycles. The quantitative estimate of drug-likeness (QED) is 0.890. The van der Waals surface area contributed by atoms with Crippen LogP contribution in [0, 0.1) is 5.92 Å². The summed E-state index contributed by atoms with van der Waals surface area (Å²) in [4.78, 5) is 13.8. The largest absolute Gasteiger partial charge is 0.320 e. The third-order valence-electron chi connectivity index (χ3n) is 3.26. The van der Waals surface area contributed by atoms with E-state index in [1.807, 2.05) is 26.0 Å². The van der Waals surface area contributed by atoms with Gasteiger partial charge in [-0.3, -0.25) is 4.79 Å². The van der Waals surface area contributed by atoms with Crippen LogP contribution < -0.4 is 10.6 Å². The van der Waals surface area contributed by atoms with Gasteiger partial charge in [0.2, 0.25) is 5.91 Å². The summed E-state index contributed by atoms with van der Waals surface area (Å²) < 4.78 is 0. The van der Waals surface area contributed by atoms with E-state index in [2.05, 4.69) is 26.0 Å². The summed E-state index contributed by atoms with van der Waals surface area (Å²) in [5.74, 6) is 0.561. The Kier molecular flexibility index (Phi) is 4.91. The fraction of sp³-hybridized carbons (Fsp3) is 0.533. The molecular formula is C15H24N2O. The summed E-state index contributed by atoms with van der Waals surface area (Å²) in [7, 11) is 1.78. The smallest absolute Gasteiger partial charge is 0.243 e. The molecule has 0 saturated carbocycles. The van der Waals surface area contributed by atoms with Gasteiger partial charge < -0.3 is 10.6 Å². The minimum Gasteiger partial charge on any atom is -0.320 e. The van der Waals surface area contributed by atoms with Crippen LogP contribution in [-0.4, -0.2) is 19.0 Å². The fourth-order valence-electron chi connectivity index (χ4n) is 1.73. The van der Waals surface area contributed by atoms with E-state index < -0.39 is 6.04 Å². The van der Waals surface area contributed by atoms with E-state index in [9.17, 15) is 4.79 Å². The third-order valence-corrected chi connectivity index (χ3v) is 3.26. The summed E-state index contributed by atoms with van der Waals surface area (Å²) in [6, 6.07) is 7.61. The second kappa shape index (κ2) is 6.01. The zero-order valence-electron chi connectivity index (χ0n) is 12.0. The number of hydrogen-bond acceptors (Lipinski definition) is 2. The van der Waals surface area contributed by atoms with Crippen LogP contribution in [0.25, 0.3) is 0 Å². The maximum Gasteiger partial charge on any atom is 0.243 e. The highest BCUT2D eigenvalue weighted by Gasteiger charge is 2.22. The lowest BCUT2D eigenvalue weighted by Gasteiger charge is -2.24. The number of carbonyl (C=O) groups excluding carboxylic acids is 1. The number of benzene rings is 1. The van der Waals surface area contributed by atoms with E-state index in [0.29, 0.717) is 5.92 Å². The molecule has 0 saturated heterocycles. The van der Waals surface area contributed by atoms with Crippen molar-refractivity contribution in [1.82, 2.24) is 0 Å². The van der Waals surface area contributed by atoms with Gasteiger partial charge in [-0.2, -0.15) is 0 Å². The molecule has 0 aromatic heterocycles. The molecule has 100 valence electrons. The first-order valence-corrected chi connectivity index (χ1v) is 6.47. The Balaban J connectivity index is 2.93. The predicted molar refractivity (Wildman–Crippen MR) is 76.8 cm³/mol. The van der Waals surface area contributed by atoms with Crippen molar-refractivity contribution in [2.45, 2.75) is 39.7 Å². The molecule has 1 rings (SSSR count). The number of nitrogens with two attached hydrogens (primary N) is 1. The molecule has 1 aromatic rings. The molecule has 0 bridgehead atoms. The van der Waals surface area contributed by atoms with E-state index in [1.54, 1.807) is 11.9 Å². The molecule has 2 N–H and O–H groups in total. The van der Waals surface area contributed by atoms with Gasteiger partial charge >= 0.3 is 0 Å². The first-order chi connectivity index (χ1) is 8.34. The van der Waals surface area contributed by atoms with Crippen molar-refractivity contribution in [3.63, 3.8) is 0 Å². The lowest BCUT2D eigenvalue weighted by molar-refractivity contribution is -0.120. The lowest BCUT2D eigenvalue weighted by atomic mass is 10.0. The lowest BCUT2D eigenvalue weighted by Crippen LogP contribution is -2.45. The van der Waals surface area contributed by atoms with Gasteiger partial charge in [0.15, 0.2) is 0 Å². The number of amides is 1. The van der Waals surface area contributed by atoms with Crippen molar-refractivity contribution in [3.8, 4) is 0 Å². The molecule has 1 atom stereocenters. The molecular weight excluding hydrogens is 224 g/mol. The monoisotopic (exact) mass is 248 g/mol. The molecule has 0 aliphatic rings. The first kappa shape index (κ1) is 14.7. The minimum absolute atomic E-state index is 0.0362. The molecule has 0 aliphatic carbocycles. The van der Waals surface area contributed by atoms with E-state index in [0.717, 1.165) is 5.69 Å². The average molecular weight is 248 g/mol. The summed E-state index contributed by atoms with van der Waals surface area (Å²) in [6.07, 6.45) is 0. The van der Waals surface area contributed by atoms with Crippen LogP contribution in [-0.2, 0) is 4.79 Å². The Morgan fingerprint density at radius 3 is 2.33 bits per heavy atom. The van der Waals surface area contributed by atoms with Crippen molar-refractivity contribution >= 4 is 11.6 Å². The highest BCUT2D eigenvalue weighted by atomic mass is 16.2. The van der Waals surface area contributed by atoms with E-state index >= 15 is 0 Å². The molecule has 1 aromatic carbocycles. The second-order valence-electron chi connectivity index (χ2n) is 5.42. The highest BCUT2D eigenvalue weighted by Crippen LogP contribution is 2.21. The van der Waals surface area contributed by atoms with E-state index in [4.69, 9.17) is 5.73 Å². The van der Waals surface area contributed by atoms with Crippen LogP contribution >= 0.6 is 0 Å². The van der Waals surface area contributed by atoms with Crippen molar-refractivity contribution in [2.24, 2.45) is 11.7 Å². The Labute approximate surface area is 110 Å². The predicted octanol–water partition coefficient (Wildman–Crippen LogP) is 2.76. The Morgan fingerprint density at radius 1 is 1.22 bits per heavy atom. The van der Waals surface area contributed by atoms with E-state index in [1.165, 1.54) is 5.56 Å². The van der Waals surface area contributed by atoms with Gasteiger partial charge in [0.1, 0.15) is 0 Å². The maximum atomic E-state index is 12.2. The van der Waals surface area contributed by atoms with Gasteiger partial charge in [-0.1, -0.05) is 39.8 Å². The normalized spacial score (nSPS) is 12.9. The maximum absolute atomic E-state index is 12.2. The van der Waals surface area contributed by atoms with Crippen LogP contribution in [0.1, 0.15) is 39.2 Å². The van der Waals surface area contributed by atoms with Gasteiger partial charge in [0.25, 0.3) is 0 Å². The summed E-state index contributed by atoms with van der Waals surface area (Å²) in [6.45, 7) is 8.20. The topological polar surface area (TPSA) is 46.3 Å².